The van der Waals surface area contributed by atoms with Gasteiger partial charge in [0.25, 0.3) is 5.56 Å². The number of H-pyrrole nitrogens is 1. The number of rotatable bonds is 4. The third-order valence-electron chi connectivity index (χ3n) is 3.04. The van der Waals surface area contributed by atoms with Crippen LogP contribution in [0.25, 0.3) is 10.9 Å². The Morgan fingerprint density at radius 3 is 2.95 bits per heavy atom. The van der Waals surface area contributed by atoms with Crippen molar-refractivity contribution in [1.29, 1.82) is 0 Å². The molecule has 0 aliphatic carbocycles. The lowest BCUT2D eigenvalue weighted by atomic mass is 10.2. The second-order valence-electron chi connectivity index (χ2n) is 4.45. The van der Waals surface area contributed by atoms with Gasteiger partial charge in [-0.05, 0) is 25.1 Å². The SMILES string of the molecule is CCN(C)C(=O)CNc1nc2ccc(N)cc2c(=O)[nH]1. The minimum absolute atomic E-state index is 0.0763. The fourth-order valence-electron chi connectivity index (χ4n) is 1.71. The van der Waals surface area contributed by atoms with Gasteiger partial charge in [0.15, 0.2) is 0 Å². The number of nitrogen functional groups attached to an aromatic ring is 1. The molecule has 0 saturated carbocycles. The minimum atomic E-state index is -0.291. The molecule has 0 spiro atoms. The number of likely N-dealkylation sites (N-methyl/N-ethyl adjacent to an activating group) is 1. The molecule has 0 radical (unpaired) electrons. The van der Waals surface area contributed by atoms with Crippen molar-refractivity contribution in [2.24, 2.45) is 0 Å². The smallest absolute Gasteiger partial charge is 0.260 e. The van der Waals surface area contributed by atoms with Crippen molar-refractivity contribution < 1.29 is 4.79 Å². The van der Waals surface area contributed by atoms with Crippen molar-refractivity contribution in [1.82, 2.24) is 14.9 Å². The first-order chi connectivity index (χ1) is 9.51. The molecule has 0 saturated heterocycles. The summed E-state index contributed by atoms with van der Waals surface area (Å²) in [5, 5.41) is 3.24. The summed E-state index contributed by atoms with van der Waals surface area (Å²) >= 11 is 0. The van der Waals surface area contributed by atoms with Crippen molar-refractivity contribution in [3.63, 3.8) is 0 Å². The van der Waals surface area contributed by atoms with Crippen LogP contribution < -0.4 is 16.6 Å². The number of anilines is 2. The molecule has 2 rings (SSSR count). The molecule has 0 aliphatic rings. The van der Waals surface area contributed by atoms with E-state index < -0.39 is 0 Å². The van der Waals surface area contributed by atoms with E-state index in [0.717, 1.165) is 0 Å². The predicted molar refractivity (Wildman–Crippen MR) is 78.6 cm³/mol. The molecule has 1 aromatic carbocycles. The molecule has 106 valence electrons. The average molecular weight is 275 g/mol. The Hall–Kier alpha value is -2.57. The maximum absolute atomic E-state index is 11.9. The Kier molecular flexibility index (Phi) is 3.88. The third-order valence-corrected chi connectivity index (χ3v) is 3.04. The lowest BCUT2D eigenvalue weighted by Crippen LogP contribution is -2.32. The van der Waals surface area contributed by atoms with Gasteiger partial charge in [0.05, 0.1) is 17.4 Å². The van der Waals surface area contributed by atoms with E-state index >= 15 is 0 Å². The van der Waals surface area contributed by atoms with E-state index in [0.29, 0.717) is 23.1 Å². The Morgan fingerprint density at radius 1 is 1.50 bits per heavy atom. The number of benzene rings is 1. The van der Waals surface area contributed by atoms with Crippen LogP contribution in [-0.2, 0) is 4.79 Å². The molecule has 1 heterocycles. The maximum Gasteiger partial charge on any atom is 0.260 e. The van der Waals surface area contributed by atoms with Gasteiger partial charge in [-0.3, -0.25) is 14.6 Å². The maximum atomic E-state index is 11.9. The summed E-state index contributed by atoms with van der Waals surface area (Å²) in [5.74, 6) is 0.192. The highest BCUT2D eigenvalue weighted by atomic mass is 16.2. The molecule has 2 aromatic rings. The van der Waals surface area contributed by atoms with Gasteiger partial charge in [-0.2, -0.15) is 0 Å². The second kappa shape index (κ2) is 5.60. The molecular weight excluding hydrogens is 258 g/mol. The second-order valence-corrected chi connectivity index (χ2v) is 4.45. The summed E-state index contributed by atoms with van der Waals surface area (Å²) in [6, 6.07) is 4.92. The number of aromatic nitrogens is 2. The van der Waals surface area contributed by atoms with Crippen LogP contribution >= 0.6 is 0 Å². The van der Waals surface area contributed by atoms with E-state index in [1.54, 1.807) is 30.1 Å². The number of carbonyl (C=O) groups excluding carboxylic acids is 1. The zero-order chi connectivity index (χ0) is 14.7. The van der Waals surface area contributed by atoms with Crippen LogP contribution in [0.3, 0.4) is 0 Å². The molecule has 4 N–H and O–H groups in total. The monoisotopic (exact) mass is 275 g/mol. The van der Waals surface area contributed by atoms with E-state index in [1.165, 1.54) is 0 Å². The highest BCUT2D eigenvalue weighted by Gasteiger charge is 2.08. The first kappa shape index (κ1) is 13.9. The summed E-state index contributed by atoms with van der Waals surface area (Å²) < 4.78 is 0. The highest BCUT2D eigenvalue weighted by Crippen LogP contribution is 2.12. The third kappa shape index (κ3) is 2.87. The first-order valence-electron chi connectivity index (χ1n) is 6.28. The fraction of sp³-hybridized carbons (Fsp3) is 0.308. The minimum Gasteiger partial charge on any atom is -0.399 e. The van der Waals surface area contributed by atoms with Crippen LogP contribution in [-0.4, -0.2) is 40.9 Å². The summed E-state index contributed by atoms with van der Waals surface area (Å²) in [6.07, 6.45) is 0. The summed E-state index contributed by atoms with van der Waals surface area (Å²) in [4.78, 5) is 32.0. The standard InChI is InChI=1S/C13H17N5O2/c1-3-18(2)11(19)7-15-13-16-10-5-4-8(14)6-9(10)12(20)17-13/h4-6H,3,7,14H2,1-2H3,(H2,15,16,17,20). The molecule has 0 bridgehead atoms. The number of nitrogens with two attached hydrogens (primary N) is 1. The van der Waals surface area contributed by atoms with Gasteiger partial charge >= 0.3 is 0 Å². The van der Waals surface area contributed by atoms with Crippen molar-refractivity contribution in [2.75, 3.05) is 31.2 Å². The van der Waals surface area contributed by atoms with E-state index in [-0.39, 0.29) is 24.0 Å². The summed E-state index contributed by atoms with van der Waals surface area (Å²) in [6.45, 7) is 2.59. The Balaban J connectivity index is 2.22. The van der Waals surface area contributed by atoms with Gasteiger partial charge in [0.2, 0.25) is 11.9 Å². The van der Waals surface area contributed by atoms with E-state index in [2.05, 4.69) is 15.3 Å². The van der Waals surface area contributed by atoms with Gasteiger partial charge in [-0.25, -0.2) is 4.98 Å². The average Bonchev–Trinajstić information content (AvgIpc) is 2.44. The van der Waals surface area contributed by atoms with Gasteiger partial charge in [-0.15, -0.1) is 0 Å². The van der Waals surface area contributed by atoms with Gasteiger partial charge < -0.3 is 16.0 Å². The Labute approximate surface area is 115 Å². The number of carbonyl (C=O) groups is 1. The van der Waals surface area contributed by atoms with Crippen LogP contribution in [0, 0.1) is 0 Å². The van der Waals surface area contributed by atoms with Crippen LogP contribution in [0.2, 0.25) is 0 Å². The van der Waals surface area contributed by atoms with Gasteiger partial charge in [0.1, 0.15) is 0 Å². The number of fused-ring (bicyclic) bond motifs is 1. The molecule has 1 aromatic heterocycles. The number of hydrogen-bond donors (Lipinski definition) is 3. The molecule has 0 unspecified atom stereocenters. The van der Waals surface area contributed by atoms with Gasteiger partial charge in [0, 0.05) is 19.3 Å². The number of hydrogen-bond acceptors (Lipinski definition) is 5. The number of nitrogens with one attached hydrogen (secondary N) is 2. The van der Waals surface area contributed by atoms with Crippen molar-refractivity contribution in [2.45, 2.75) is 6.92 Å². The number of nitrogens with zero attached hydrogens (tertiary/aromatic N) is 2. The van der Waals surface area contributed by atoms with Crippen molar-refractivity contribution in [3.8, 4) is 0 Å². The number of amides is 1. The van der Waals surface area contributed by atoms with E-state index in [4.69, 9.17) is 5.73 Å². The molecule has 0 fully saturated rings. The summed E-state index contributed by atoms with van der Waals surface area (Å²) in [7, 11) is 1.71. The van der Waals surface area contributed by atoms with Crippen LogP contribution in [0.4, 0.5) is 11.6 Å². The molecular formula is C13H17N5O2. The molecule has 0 aliphatic heterocycles. The van der Waals surface area contributed by atoms with Crippen molar-refractivity contribution in [3.05, 3.63) is 28.6 Å². The largest absolute Gasteiger partial charge is 0.399 e. The topological polar surface area (TPSA) is 104 Å². The molecule has 1 amide bonds. The first-order valence-corrected chi connectivity index (χ1v) is 6.28. The van der Waals surface area contributed by atoms with Crippen LogP contribution in [0.15, 0.2) is 23.0 Å². The Morgan fingerprint density at radius 2 is 2.25 bits per heavy atom. The predicted octanol–water partition coefficient (Wildman–Crippen LogP) is 0.396. The molecule has 7 nitrogen and oxygen atoms in total. The molecule has 20 heavy (non-hydrogen) atoms. The van der Waals surface area contributed by atoms with Crippen LogP contribution in [0.5, 0.6) is 0 Å². The zero-order valence-electron chi connectivity index (χ0n) is 11.4. The Bertz CT molecular complexity index is 695. The number of aromatic amines is 1. The zero-order valence-corrected chi connectivity index (χ0v) is 11.4. The van der Waals surface area contributed by atoms with E-state index in [1.807, 2.05) is 6.92 Å². The molecule has 7 heteroatoms. The van der Waals surface area contributed by atoms with Gasteiger partial charge in [-0.1, -0.05) is 0 Å². The highest BCUT2D eigenvalue weighted by molar-refractivity contribution is 5.83. The lowest BCUT2D eigenvalue weighted by molar-refractivity contribution is -0.127. The van der Waals surface area contributed by atoms with Crippen LogP contribution in [0.1, 0.15) is 6.92 Å². The quantitative estimate of drug-likeness (QED) is 0.700. The van der Waals surface area contributed by atoms with E-state index in [9.17, 15) is 9.59 Å². The van der Waals surface area contributed by atoms with Crippen molar-refractivity contribution >= 4 is 28.4 Å². The lowest BCUT2D eigenvalue weighted by Gasteiger charge is -2.14. The fourth-order valence-corrected chi connectivity index (χ4v) is 1.71. The normalized spacial score (nSPS) is 10.5. The summed E-state index contributed by atoms with van der Waals surface area (Å²) in [5.41, 5.74) is 6.38. The molecule has 0 atom stereocenters.